The van der Waals surface area contributed by atoms with Crippen LogP contribution >= 0.6 is 0 Å². The molecule has 3 rings (SSSR count). The lowest BCUT2D eigenvalue weighted by Crippen LogP contribution is -2.47. The number of pyridine rings is 1. The van der Waals surface area contributed by atoms with Gasteiger partial charge in [0, 0.05) is 55.0 Å². The van der Waals surface area contributed by atoms with Crippen LogP contribution in [-0.4, -0.2) is 41.1 Å². The lowest BCUT2D eigenvalue weighted by atomic mass is 10.2. The van der Waals surface area contributed by atoms with Gasteiger partial charge in [-0.3, -0.25) is 4.98 Å². The summed E-state index contributed by atoms with van der Waals surface area (Å²) in [6, 6.07) is 6.29. The van der Waals surface area contributed by atoms with E-state index in [1.807, 2.05) is 26.8 Å². The molecule has 0 amide bonds. The summed E-state index contributed by atoms with van der Waals surface area (Å²) in [5, 5.41) is 0. The highest BCUT2D eigenvalue weighted by molar-refractivity contribution is 5.51. The highest BCUT2D eigenvalue weighted by Crippen LogP contribution is 2.21. The Morgan fingerprint density at radius 2 is 1.32 bits per heavy atom. The fourth-order valence-electron chi connectivity index (χ4n) is 2.93. The maximum Gasteiger partial charge on any atom is 0.222 e. The molecular formula is C16H22N6. The van der Waals surface area contributed by atoms with Gasteiger partial charge in [-0.15, -0.1) is 0 Å². The predicted molar refractivity (Wildman–Crippen MR) is 89.3 cm³/mol. The first-order chi connectivity index (χ1) is 10.5. The van der Waals surface area contributed by atoms with Gasteiger partial charge in [0.1, 0.15) is 5.82 Å². The predicted octanol–water partition coefficient (Wildman–Crippen LogP) is 1.71. The SMILES string of the molecule is Cc1cc(N2CCN(c3cc(C)nc(N)n3)CC2)cc(C)n1. The zero-order valence-electron chi connectivity index (χ0n) is 13.4. The number of aromatic nitrogens is 3. The molecule has 0 spiro atoms. The third kappa shape index (κ3) is 3.10. The standard InChI is InChI=1S/C16H22N6/c1-11-8-14(9-12(2)18-11)21-4-6-22(7-5-21)15-10-13(3)19-16(17)20-15/h8-10H,4-7H2,1-3H3,(H2,17,19,20). The first-order valence-electron chi connectivity index (χ1n) is 7.57. The molecule has 2 N–H and O–H groups in total. The van der Waals surface area contributed by atoms with Gasteiger partial charge < -0.3 is 15.5 Å². The zero-order valence-corrected chi connectivity index (χ0v) is 13.4. The topological polar surface area (TPSA) is 71.2 Å². The van der Waals surface area contributed by atoms with Crippen molar-refractivity contribution in [1.82, 2.24) is 15.0 Å². The van der Waals surface area contributed by atoms with Crippen molar-refractivity contribution in [2.45, 2.75) is 20.8 Å². The number of piperazine rings is 1. The molecule has 116 valence electrons. The first-order valence-corrected chi connectivity index (χ1v) is 7.57. The van der Waals surface area contributed by atoms with Crippen molar-refractivity contribution < 1.29 is 0 Å². The van der Waals surface area contributed by atoms with E-state index in [9.17, 15) is 0 Å². The summed E-state index contributed by atoms with van der Waals surface area (Å²) in [6.07, 6.45) is 0. The maximum atomic E-state index is 5.75. The molecule has 2 aromatic rings. The van der Waals surface area contributed by atoms with Gasteiger partial charge in [-0.2, -0.15) is 4.98 Å². The molecule has 22 heavy (non-hydrogen) atoms. The van der Waals surface area contributed by atoms with Crippen LogP contribution in [0.25, 0.3) is 0 Å². The molecule has 6 nitrogen and oxygen atoms in total. The molecular weight excluding hydrogens is 276 g/mol. The third-order valence-electron chi connectivity index (χ3n) is 3.89. The zero-order chi connectivity index (χ0) is 15.7. The number of hydrogen-bond donors (Lipinski definition) is 1. The molecule has 3 heterocycles. The third-order valence-corrected chi connectivity index (χ3v) is 3.89. The summed E-state index contributed by atoms with van der Waals surface area (Å²) in [5.41, 5.74) is 10.0. The number of nitrogens with zero attached hydrogens (tertiary/aromatic N) is 5. The summed E-state index contributed by atoms with van der Waals surface area (Å²) in [4.78, 5) is 17.6. The first kappa shape index (κ1) is 14.6. The van der Waals surface area contributed by atoms with Gasteiger partial charge in [0.2, 0.25) is 5.95 Å². The quantitative estimate of drug-likeness (QED) is 0.910. The van der Waals surface area contributed by atoms with Crippen LogP contribution in [0.3, 0.4) is 0 Å². The number of hydrogen-bond acceptors (Lipinski definition) is 6. The van der Waals surface area contributed by atoms with Crippen LogP contribution in [0.4, 0.5) is 17.5 Å². The average molecular weight is 298 g/mol. The molecule has 2 aromatic heterocycles. The minimum Gasteiger partial charge on any atom is -0.368 e. The normalized spacial score (nSPS) is 15.2. The van der Waals surface area contributed by atoms with E-state index >= 15 is 0 Å². The summed E-state index contributed by atoms with van der Waals surface area (Å²) >= 11 is 0. The van der Waals surface area contributed by atoms with Gasteiger partial charge in [-0.05, 0) is 32.9 Å². The summed E-state index contributed by atoms with van der Waals surface area (Å²) in [6.45, 7) is 9.81. The molecule has 0 unspecified atom stereocenters. The molecule has 0 bridgehead atoms. The van der Waals surface area contributed by atoms with Crippen LogP contribution in [0.5, 0.6) is 0 Å². The molecule has 1 aliphatic rings. The Labute approximate surface area is 131 Å². The Balaban J connectivity index is 1.72. The number of nitrogen functional groups attached to an aromatic ring is 1. The van der Waals surface area contributed by atoms with E-state index in [-0.39, 0.29) is 0 Å². The fourth-order valence-corrected chi connectivity index (χ4v) is 2.93. The molecule has 6 heteroatoms. The Hall–Kier alpha value is -2.37. The van der Waals surface area contributed by atoms with Gasteiger partial charge in [0.15, 0.2) is 0 Å². The van der Waals surface area contributed by atoms with E-state index < -0.39 is 0 Å². The molecule has 0 aliphatic carbocycles. The van der Waals surface area contributed by atoms with E-state index in [4.69, 9.17) is 5.73 Å². The van der Waals surface area contributed by atoms with Crippen molar-refractivity contribution in [3.8, 4) is 0 Å². The number of rotatable bonds is 2. The lowest BCUT2D eigenvalue weighted by molar-refractivity contribution is 0.646. The molecule has 1 fully saturated rings. The van der Waals surface area contributed by atoms with Crippen molar-refractivity contribution in [1.29, 1.82) is 0 Å². The van der Waals surface area contributed by atoms with Crippen molar-refractivity contribution >= 4 is 17.5 Å². The maximum absolute atomic E-state index is 5.75. The minimum absolute atomic E-state index is 0.345. The Morgan fingerprint density at radius 1 is 0.773 bits per heavy atom. The van der Waals surface area contributed by atoms with E-state index in [1.165, 1.54) is 5.69 Å². The minimum atomic E-state index is 0.345. The largest absolute Gasteiger partial charge is 0.368 e. The second kappa shape index (κ2) is 5.79. The van der Waals surface area contributed by atoms with Crippen molar-refractivity contribution in [2.75, 3.05) is 41.7 Å². The van der Waals surface area contributed by atoms with Crippen LogP contribution in [0, 0.1) is 20.8 Å². The van der Waals surface area contributed by atoms with Gasteiger partial charge >= 0.3 is 0 Å². The molecule has 1 saturated heterocycles. The van der Waals surface area contributed by atoms with E-state index in [0.29, 0.717) is 5.95 Å². The number of anilines is 3. The molecule has 1 aliphatic heterocycles. The monoisotopic (exact) mass is 298 g/mol. The van der Waals surface area contributed by atoms with Crippen LogP contribution in [0.1, 0.15) is 17.1 Å². The van der Waals surface area contributed by atoms with Crippen molar-refractivity contribution in [2.24, 2.45) is 0 Å². The lowest BCUT2D eigenvalue weighted by Gasteiger charge is -2.37. The Kier molecular flexibility index (Phi) is 3.83. The summed E-state index contributed by atoms with van der Waals surface area (Å²) in [5.74, 6) is 1.27. The van der Waals surface area contributed by atoms with Gasteiger partial charge in [-0.1, -0.05) is 0 Å². The average Bonchev–Trinajstić information content (AvgIpc) is 2.45. The van der Waals surface area contributed by atoms with Crippen molar-refractivity contribution in [3.05, 3.63) is 35.3 Å². The Morgan fingerprint density at radius 3 is 1.91 bits per heavy atom. The summed E-state index contributed by atoms with van der Waals surface area (Å²) < 4.78 is 0. The number of nitrogens with two attached hydrogens (primary N) is 1. The molecule has 0 atom stereocenters. The molecule has 0 radical (unpaired) electrons. The van der Waals surface area contributed by atoms with E-state index in [1.54, 1.807) is 0 Å². The smallest absolute Gasteiger partial charge is 0.222 e. The highest BCUT2D eigenvalue weighted by atomic mass is 15.3. The van der Waals surface area contributed by atoms with Crippen LogP contribution < -0.4 is 15.5 Å². The fraction of sp³-hybridized carbons (Fsp3) is 0.438. The van der Waals surface area contributed by atoms with E-state index in [0.717, 1.165) is 49.1 Å². The van der Waals surface area contributed by atoms with Crippen LogP contribution in [-0.2, 0) is 0 Å². The second-order valence-corrected chi connectivity index (χ2v) is 5.81. The second-order valence-electron chi connectivity index (χ2n) is 5.81. The Bertz CT molecular complexity index is 576. The van der Waals surface area contributed by atoms with Gasteiger partial charge in [0.05, 0.1) is 0 Å². The summed E-state index contributed by atoms with van der Waals surface area (Å²) in [7, 11) is 0. The highest BCUT2D eigenvalue weighted by Gasteiger charge is 2.19. The van der Waals surface area contributed by atoms with Crippen LogP contribution in [0.2, 0.25) is 0 Å². The van der Waals surface area contributed by atoms with Crippen LogP contribution in [0.15, 0.2) is 18.2 Å². The molecule has 0 aromatic carbocycles. The van der Waals surface area contributed by atoms with Gasteiger partial charge in [-0.25, -0.2) is 4.98 Å². The van der Waals surface area contributed by atoms with Gasteiger partial charge in [0.25, 0.3) is 0 Å². The molecule has 0 saturated carbocycles. The van der Waals surface area contributed by atoms with Crippen molar-refractivity contribution in [3.63, 3.8) is 0 Å². The van der Waals surface area contributed by atoms with E-state index in [2.05, 4.69) is 36.9 Å². The number of aryl methyl sites for hydroxylation is 3.